The Morgan fingerprint density at radius 3 is 2.32 bits per heavy atom. The minimum Gasteiger partial charge on any atom is -0.496 e. The quantitative estimate of drug-likeness (QED) is 0.239. The molecule has 0 aromatic heterocycles. The standard InChI is InChI=1S/C30H46N2O3.2ClH/c1-5-20-32(26-14-15-27-25(23-26)11-10-12-28(27)33-2)21-9-7-6-8-18-31-19-17-24-13-16-29(34-3)30(22-24)35-4;;/h10-13,16,22,26,31H,5-9,14-15,17-21,23H2,1-4H3;2*1H. The monoisotopic (exact) mass is 554 g/mol. The fourth-order valence-corrected chi connectivity index (χ4v) is 5.33. The number of fused-ring (bicyclic) bond motifs is 1. The van der Waals surface area contributed by atoms with Gasteiger partial charge in [0.15, 0.2) is 11.5 Å². The highest BCUT2D eigenvalue weighted by Gasteiger charge is 2.25. The van der Waals surface area contributed by atoms with E-state index in [1.54, 1.807) is 21.3 Å². The Kier molecular flexibility index (Phi) is 16.7. The van der Waals surface area contributed by atoms with Gasteiger partial charge in [0.05, 0.1) is 21.3 Å². The van der Waals surface area contributed by atoms with Crippen LogP contribution >= 0.6 is 24.8 Å². The molecule has 0 amide bonds. The highest BCUT2D eigenvalue weighted by Crippen LogP contribution is 2.31. The first-order chi connectivity index (χ1) is 17.2. The number of nitrogens with one attached hydrogen (secondary N) is 1. The Morgan fingerprint density at radius 1 is 0.838 bits per heavy atom. The Morgan fingerprint density at radius 2 is 1.59 bits per heavy atom. The molecule has 1 atom stereocenters. The van der Waals surface area contributed by atoms with E-state index in [0.717, 1.165) is 49.6 Å². The topological polar surface area (TPSA) is 43.0 Å². The van der Waals surface area contributed by atoms with Gasteiger partial charge in [-0.2, -0.15) is 0 Å². The lowest BCUT2D eigenvalue weighted by Gasteiger charge is -2.35. The van der Waals surface area contributed by atoms with Crippen LogP contribution in [0.3, 0.4) is 0 Å². The molecule has 0 spiro atoms. The molecule has 2 aromatic carbocycles. The SMILES string of the molecule is CCCN(CCCCCCNCCc1ccc(OC)c(OC)c1)C1CCc2c(cccc2OC)C1.Cl.Cl. The van der Waals surface area contributed by atoms with Gasteiger partial charge in [-0.05, 0) is 106 Å². The van der Waals surface area contributed by atoms with Gasteiger partial charge >= 0.3 is 0 Å². The van der Waals surface area contributed by atoms with Crippen molar-refractivity contribution in [2.75, 3.05) is 47.5 Å². The molecular weight excluding hydrogens is 507 g/mol. The van der Waals surface area contributed by atoms with E-state index in [2.05, 4.69) is 47.5 Å². The van der Waals surface area contributed by atoms with Crippen LogP contribution < -0.4 is 19.5 Å². The van der Waals surface area contributed by atoms with Crippen molar-refractivity contribution in [2.24, 2.45) is 0 Å². The molecule has 0 bridgehead atoms. The molecule has 1 N–H and O–H groups in total. The third kappa shape index (κ3) is 10.2. The van der Waals surface area contributed by atoms with Crippen LogP contribution in [0.5, 0.6) is 17.2 Å². The number of halogens is 2. The summed E-state index contributed by atoms with van der Waals surface area (Å²) in [6.45, 7) is 6.83. The van der Waals surface area contributed by atoms with Gasteiger partial charge in [-0.25, -0.2) is 0 Å². The molecule has 0 aliphatic heterocycles. The zero-order valence-electron chi connectivity index (χ0n) is 23.2. The summed E-state index contributed by atoms with van der Waals surface area (Å²) in [5.41, 5.74) is 4.19. The number of hydrogen-bond donors (Lipinski definition) is 1. The van der Waals surface area contributed by atoms with Gasteiger partial charge in [0.2, 0.25) is 0 Å². The van der Waals surface area contributed by atoms with E-state index in [4.69, 9.17) is 14.2 Å². The van der Waals surface area contributed by atoms with Crippen LogP contribution in [0, 0.1) is 0 Å². The highest BCUT2D eigenvalue weighted by atomic mass is 35.5. The average Bonchev–Trinajstić information content (AvgIpc) is 2.90. The van der Waals surface area contributed by atoms with Crippen molar-refractivity contribution in [1.82, 2.24) is 10.2 Å². The van der Waals surface area contributed by atoms with Gasteiger partial charge in [0, 0.05) is 6.04 Å². The normalized spacial score (nSPS) is 14.4. The fourth-order valence-electron chi connectivity index (χ4n) is 5.33. The molecule has 37 heavy (non-hydrogen) atoms. The number of unbranched alkanes of at least 4 members (excludes halogenated alkanes) is 3. The largest absolute Gasteiger partial charge is 0.496 e. The molecule has 1 aliphatic rings. The molecule has 5 nitrogen and oxygen atoms in total. The van der Waals surface area contributed by atoms with Crippen LogP contribution in [-0.4, -0.2) is 58.5 Å². The van der Waals surface area contributed by atoms with E-state index in [1.165, 1.54) is 68.3 Å². The van der Waals surface area contributed by atoms with E-state index in [9.17, 15) is 0 Å². The molecule has 0 saturated carbocycles. The zero-order chi connectivity index (χ0) is 24.9. The van der Waals surface area contributed by atoms with Gasteiger partial charge in [-0.15, -0.1) is 24.8 Å². The minimum absolute atomic E-state index is 0. The Balaban J connectivity index is 0.00000342. The zero-order valence-corrected chi connectivity index (χ0v) is 24.9. The molecule has 0 heterocycles. The summed E-state index contributed by atoms with van der Waals surface area (Å²) in [5.74, 6) is 2.66. The second-order valence-corrected chi connectivity index (χ2v) is 9.63. The van der Waals surface area contributed by atoms with Crippen molar-refractivity contribution >= 4 is 24.8 Å². The lowest BCUT2D eigenvalue weighted by atomic mass is 9.86. The molecule has 2 aromatic rings. The van der Waals surface area contributed by atoms with Crippen molar-refractivity contribution in [2.45, 2.75) is 70.8 Å². The van der Waals surface area contributed by atoms with Crippen LogP contribution in [0.1, 0.15) is 62.1 Å². The summed E-state index contributed by atoms with van der Waals surface area (Å²) in [4.78, 5) is 2.75. The number of nitrogens with zero attached hydrogens (tertiary/aromatic N) is 1. The van der Waals surface area contributed by atoms with Crippen molar-refractivity contribution in [1.29, 1.82) is 0 Å². The smallest absolute Gasteiger partial charge is 0.160 e. The fraction of sp³-hybridized carbons (Fsp3) is 0.600. The number of rotatable bonds is 16. The van der Waals surface area contributed by atoms with Crippen LogP contribution in [-0.2, 0) is 19.3 Å². The van der Waals surface area contributed by atoms with E-state index in [1.807, 2.05) is 6.07 Å². The van der Waals surface area contributed by atoms with Crippen LogP contribution in [0.4, 0.5) is 0 Å². The predicted octanol–water partition coefficient (Wildman–Crippen LogP) is 6.52. The molecule has 1 unspecified atom stereocenters. The van der Waals surface area contributed by atoms with Crippen molar-refractivity contribution < 1.29 is 14.2 Å². The summed E-state index contributed by atoms with van der Waals surface area (Å²) in [7, 11) is 5.15. The van der Waals surface area contributed by atoms with Crippen molar-refractivity contribution in [3.8, 4) is 17.2 Å². The Labute approximate surface area is 237 Å². The molecule has 0 saturated heterocycles. The number of ether oxygens (including phenoxy) is 3. The first-order valence-corrected chi connectivity index (χ1v) is 13.5. The Bertz CT molecular complexity index is 897. The summed E-state index contributed by atoms with van der Waals surface area (Å²) >= 11 is 0. The van der Waals surface area contributed by atoms with Crippen molar-refractivity contribution in [3.63, 3.8) is 0 Å². The number of methoxy groups -OCH3 is 3. The van der Waals surface area contributed by atoms with Gasteiger partial charge in [-0.1, -0.05) is 38.0 Å². The van der Waals surface area contributed by atoms with E-state index in [-0.39, 0.29) is 24.8 Å². The highest BCUT2D eigenvalue weighted by molar-refractivity contribution is 5.85. The van der Waals surface area contributed by atoms with Crippen LogP contribution in [0.25, 0.3) is 0 Å². The second-order valence-electron chi connectivity index (χ2n) is 9.63. The third-order valence-electron chi connectivity index (χ3n) is 7.25. The maximum atomic E-state index is 5.59. The second kappa shape index (κ2) is 18.6. The van der Waals surface area contributed by atoms with Crippen molar-refractivity contribution in [3.05, 3.63) is 53.1 Å². The summed E-state index contributed by atoms with van der Waals surface area (Å²) in [6, 6.07) is 13.4. The van der Waals surface area contributed by atoms with Gasteiger partial charge in [0.1, 0.15) is 5.75 Å². The van der Waals surface area contributed by atoms with Gasteiger partial charge in [-0.3, -0.25) is 0 Å². The summed E-state index contributed by atoms with van der Waals surface area (Å²) < 4.78 is 16.3. The van der Waals surface area contributed by atoms with Crippen LogP contribution in [0.15, 0.2) is 36.4 Å². The van der Waals surface area contributed by atoms with E-state index >= 15 is 0 Å². The lowest BCUT2D eigenvalue weighted by molar-refractivity contribution is 0.175. The average molecular weight is 556 g/mol. The molecule has 3 rings (SSSR count). The molecule has 7 heteroatoms. The third-order valence-corrected chi connectivity index (χ3v) is 7.25. The minimum atomic E-state index is 0. The molecule has 0 fully saturated rings. The number of benzene rings is 2. The predicted molar refractivity (Wildman–Crippen MR) is 160 cm³/mol. The van der Waals surface area contributed by atoms with Gasteiger partial charge < -0.3 is 24.4 Å². The van der Waals surface area contributed by atoms with Gasteiger partial charge in [0.25, 0.3) is 0 Å². The lowest BCUT2D eigenvalue weighted by Crippen LogP contribution is -2.40. The molecule has 210 valence electrons. The first-order valence-electron chi connectivity index (χ1n) is 13.5. The van der Waals surface area contributed by atoms with Crippen LogP contribution in [0.2, 0.25) is 0 Å². The molecule has 0 radical (unpaired) electrons. The molecule has 1 aliphatic carbocycles. The van der Waals surface area contributed by atoms with E-state index < -0.39 is 0 Å². The summed E-state index contributed by atoms with van der Waals surface area (Å²) in [6.07, 6.45) is 10.9. The number of hydrogen-bond acceptors (Lipinski definition) is 5. The summed E-state index contributed by atoms with van der Waals surface area (Å²) in [5, 5.41) is 3.60. The first kappa shape index (κ1) is 33.4. The van der Waals surface area contributed by atoms with E-state index in [0.29, 0.717) is 6.04 Å². The maximum Gasteiger partial charge on any atom is 0.160 e. The maximum absolute atomic E-state index is 5.59. The molecular formula is C30H48Cl2N2O3. The Hall–Kier alpha value is -1.66.